The molecule has 0 unspecified atom stereocenters. The van der Waals surface area contributed by atoms with Gasteiger partial charge in [-0.05, 0) is 49.2 Å². The van der Waals surface area contributed by atoms with E-state index in [4.69, 9.17) is 21.1 Å². The number of halogens is 1. The molecule has 5 nitrogen and oxygen atoms in total. The lowest BCUT2D eigenvalue weighted by molar-refractivity contribution is 0.0660. The van der Waals surface area contributed by atoms with Gasteiger partial charge in [-0.3, -0.25) is 4.90 Å². The van der Waals surface area contributed by atoms with Crippen LogP contribution in [-0.2, 0) is 6.42 Å². The molecule has 0 saturated carbocycles. The monoisotopic (exact) mass is 430 g/mol. The summed E-state index contributed by atoms with van der Waals surface area (Å²) in [5.41, 5.74) is 3.43. The van der Waals surface area contributed by atoms with Gasteiger partial charge in [0.15, 0.2) is 0 Å². The van der Waals surface area contributed by atoms with Crippen LogP contribution >= 0.6 is 11.6 Å². The van der Waals surface area contributed by atoms with Gasteiger partial charge < -0.3 is 19.5 Å². The van der Waals surface area contributed by atoms with Crippen molar-refractivity contribution in [2.24, 2.45) is 0 Å². The van der Waals surface area contributed by atoms with Crippen LogP contribution in [0, 0.1) is 6.92 Å². The normalized spacial score (nSPS) is 15.7. The number of aliphatic hydroxyl groups is 1. The molecule has 0 bridgehead atoms. The van der Waals surface area contributed by atoms with E-state index in [9.17, 15) is 5.11 Å². The second kappa shape index (κ2) is 10.7. The molecule has 6 heteroatoms. The molecule has 1 aliphatic rings. The number of anilines is 1. The quantitative estimate of drug-likeness (QED) is 0.610. The Labute approximate surface area is 184 Å². The fraction of sp³-hybridized carbons (Fsp3) is 0.417. The summed E-state index contributed by atoms with van der Waals surface area (Å²) in [6.45, 7) is 10.4. The van der Waals surface area contributed by atoms with Crippen molar-refractivity contribution < 1.29 is 14.6 Å². The summed E-state index contributed by atoms with van der Waals surface area (Å²) in [5, 5.41) is 11.3. The van der Waals surface area contributed by atoms with E-state index in [0.29, 0.717) is 13.0 Å². The minimum Gasteiger partial charge on any atom is -0.497 e. The summed E-state index contributed by atoms with van der Waals surface area (Å²) in [6, 6.07) is 11.7. The third-order valence-electron chi connectivity index (χ3n) is 5.42. The average molecular weight is 431 g/mol. The van der Waals surface area contributed by atoms with Crippen LogP contribution in [0.1, 0.15) is 11.1 Å². The van der Waals surface area contributed by atoms with Gasteiger partial charge in [0.2, 0.25) is 0 Å². The maximum Gasteiger partial charge on any atom is 0.123 e. The van der Waals surface area contributed by atoms with E-state index in [0.717, 1.165) is 48.3 Å². The molecule has 1 saturated heterocycles. The molecule has 1 N–H and O–H groups in total. The molecule has 0 radical (unpaired) electrons. The van der Waals surface area contributed by atoms with Crippen LogP contribution in [0.4, 0.5) is 5.69 Å². The smallest absolute Gasteiger partial charge is 0.123 e. The SMILES string of the molecule is C=CCc1cc(OC)ccc1OC[C@@H](O)CN1CCN(c2cc(Cl)ccc2C)CC1. The molecule has 1 atom stereocenters. The number of β-amino-alcohol motifs (C(OH)–C–C–N with tert-alkyl or cyclic N) is 1. The number of hydrogen-bond acceptors (Lipinski definition) is 5. The number of rotatable bonds is 9. The Hall–Kier alpha value is -2.21. The van der Waals surface area contributed by atoms with Crippen LogP contribution in [-0.4, -0.2) is 62.6 Å². The molecule has 1 aliphatic heterocycles. The third kappa shape index (κ3) is 5.91. The lowest BCUT2D eigenvalue weighted by Gasteiger charge is -2.37. The Bertz CT molecular complexity index is 850. The first-order valence-electron chi connectivity index (χ1n) is 10.3. The number of methoxy groups -OCH3 is 1. The zero-order chi connectivity index (χ0) is 21.5. The Morgan fingerprint density at radius 3 is 2.63 bits per heavy atom. The van der Waals surface area contributed by atoms with Crippen LogP contribution in [0.5, 0.6) is 11.5 Å². The van der Waals surface area contributed by atoms with Crippen molar-refractivity contribution in [3.63, 3.8) is 0 Å². The second-order valence-corrected chi connectivity index (χ2v) is 8.09. The minimum atomic E-state index is -0.553. The first kappa shape index (κ1) is 22.5. The number of hydrogen-bond donors (Lipinski definition) is 1. The maximum atomic E-state index is 10.5. The molecule has 0 aliphatic carbocycles. The Kier molecular flexibility index (Phi) is 8.02. The van der Waals surface area contributed by atoms with E-state index in [1.807, 2.05) is 36.4 Å². The predicted octanol–water partition coefficient (Wildman–Crippen LogP) is 3.95. The van der Waals surface area contributed by atoms with Crippen molar-refractivity contribution in [3.05, 3.63) is 65.2 Å². The van der Waals surface area contributed by atoms with Crippen LogP contribution in [0.25, 0.3) is 0 Å². The third-order valence-corrected chi connectivity index (χ3v) is 5.65. The fourth-order valence-electron chi connectivity index (χ4n) is 3.77. The molecular formula is C24H31ClN2O3. The van der Waals surface area contributed by atoms with E-state index in [2.05, 4.69) is 29.4 Å². The standard InChI is InChI=1S/C24H31ClN2O3/c1-4-5-19-14-22(29-3)8-9-24(19)30-17-21(28)16-26-10-12-27(13-11-26)23-15-20(25)7-6-18(23)2/h4,6-9,14-15,21,28H,1,5,10-13,16-17H2,2-3H3/t21-/m0/s1. The molecule has 3 rings (SSSR count). The number of aryl methyl sites for hydroxylation is 1. The number of nitrogens with zero attached hydrogens (tertiary/aromatic N) is 2. The summed E-state index contributed by atoms with van der Waals surface area (Å²) >= 11 is 6.17. The summed E-state index contributed by atoms with van der Waals surface area (Å²) in [6.07, 6.45) is 1.97. The van der Waals surface area contributed by atoms with Crippen LogP contribution in [0.2, 0.25) is 5.02 Å². The van der Waals surface area contributed by atoms with E-state index >= 15 is 0 Å². The number of piperazine rings is 1. The Balaban J connectivity index is 1.49. The molecule has 2 aromatic rings. The topological polar surface area (TPSA) is 45.2 Å². The lowest BCUT2D eigenvalue weighted by Crippen LogP contribution is -2.49. The molecular weight excluding hydrogens is 400 g/mol. The van der Waals surface area contributed by atoms with Gasteiger partial charge in [0.25, 0.3) is 0 Å². The molecule has 1 fully saturated rings. The Morgan fingerprint density at radius 1 is 1.17 bits per heavy atom. The first-order chi connectivity index (χ1) is 14.5. The molecule has 162 valence electrons. The average Bonchev–Trinajstić information content (AvgIpc) is 2.75. The number of ether oxygens (including phenoxy) is 2. The van der Waals surface area contributed by atoms with Gasteiger partial charge in [-0.15, -0.1) is 6.58 Å². The second-order valence-electron chi connectivity index (χ2n) is 7.65. The largest absolute Gasteiger partial charge is 0.497 e. The van der Waals surface area contributed by atoms with Crippen LogP contribution in [0.15, 0.2) is 49.1 Å². The lowest BCUT2D eigenvalue weighted by atomic mass is 10.1. The van der Waals surface area contributed by atoms with Crippen LogP contribution < -0.4 is 14.4 Å². The highest BCUT2D eigenvalue weighted by Gasteiger charge is 2.21. The van der Waals surface area contributed by atoms with Crippen molar-refractivity contribution in [2.45, 2.75) is 19.4 Å². The van der Waals surface area contributed by atoms with Crippen molar-refractivity contribution in [3.8, 4) is 11.5 Å². The van der Waals surface area contributed by atoms with E-state index < -0.39 is 6.10 Å². The highest BCUT2D eigenvalue weighted by molar-refractivity contribution is 6.30. The van der Waals surface area contributed by atoms with Gasteiger partial charge in [0.1, 0.15) is 24.2 Å². The van der Waals surface area contributed by atoms with E-state index in [1.165, 1.54) is 11.3 Å². The first-order valence-corrected chi connectivity index (χ1v) is 10.7. The summed E-state index contributed by atoms with van der Waals surface area (Å²) in [7, 11) is 1.64. The van der Waals surface area contributed by atoms with Gasteiger partial charge in [-0.25, -0.2) is 0 Å². The van der Waals surface area contributed by atoms with Gasteiger partial charge in [0.05, 0.1) is 7.11 Å². The zero-order valence-corrected chi connectivity index (χ0v) is 18.6. The summed E-state index contributed by atoms with van der Waals surface area (Å²) in [5.74, 6) is 1.54. The highest BCUT2D eigenvalue weighted by atomic mass is 35.5. The van der Waals surface area contributed by atoms with Crippen molar-refractivity contribution in [2.75, 3.05) is 51.3 Å². The molecule has 0 aromatic heterocycles. The molecule has 0 spiro atoms. The fourth-order valence-corrected chi connectivity index (χ4v) is 3.94. The van der Waals surface area contributed by atoms with Crippen LogP contribution in [0.3, 0.4) is 0 Å². The summed E-state index contributed by atoms with van der Waals surface area (Å²) in [4.78, 5) is 4.64. The van der Waals surface area contributed by atoms with Gasteiger partial charge in [0, 0.05) is 49.0 Å². The Morgan fingerprint density at radius 2 is 1.93 bits per heavy atom. The molecule has 1 heterocycles. The minimum absolute atomic E-state index is 0.254. The van der Waals surface area contributed by atoms with E-state index in [-0.39, 0.29) is 6.61 Å². The molecule has 30 heavy (non-hydrogen) atoms. The van der Waals surface area contributed by atoms with Crippen molar-refractivity contribution in [1.29, 1.82) is 0 Å². The maximum absolute atomic E-state index is 10.5. The predicted molar refractivity (Wildman–Crippen MR) is 123 cm³/mol. The van der Waals surface area contributed by atoms with Gasteiger partial charge in [-0.2, -0.15) is 0 Å². The van der Waals surface area contributed by atoms with Gasteiger partial charge >= 0.3 is 0 Å². The zero-order valence-electron chi connectivity index (χ0n) is 17.8. The number of aliphatic hydroxyl groups excluding tert-OH is 1. The molecule has 2 aromatic carbocycles. The number of benzene rings is 2. The highest BCUT2D eigenvalue weighted by Crippen LogP contribution is 2.26. The summed E-state index contributed by atoms with van der Waals surface area (Å²) < 4.78 is 11.2. The van der Waals surface area contributed by atoms with Crippen molar-refractivity contribution >= 4 is 17.3 Å². The van der Waals surface area contributed by atoms with E-state index in [1.54, 1.807) is 7.11 Å². The number of allylic oxidation sites excluding steroid dienone is 1. The van der Waals surface area contributed by atoms with Gasteiger partial charge in [-0.1, -0.05) is 23.7 Å². The molecule has 0 amide bonds. The van der Waals surface area contributed by atoms with Crippen molar-refractivity contribution in [1.82, 2.24) is 4.90 Å².